The van der Waals surface area contributed by atoms with Gasteiger partial charge >= 0.3 is 0 Å². The maximum absolute atomic E-state index is 12.2. The first-order valence-electron chi connectivity index (χ1n) is 7.92. The minimum atomic E-state index is -0.407. The fourth-order valence-electron chi connectivity index (χ4n) is 2.37. The number of para-hydroxylation sites is 1. The number of carbonyl (C=O) groups is 1. The van der Waals surface area contributed by atoms with E-state index in [-0.39, 0.29) is 5.56 Å². The lowest BCUT2D eigenvalue weighted by atomic mass is 10.2. The first kappa shape index (κ1) is 16.5. The molecule has 0 saturated carbocycles. The number of hydrogen-bond acceptors (Lipinski definition) is 3. The summed E-state index contributed by atoms with van der Waals surface area (Å²) in [6.45, 7) is 2.07. The van der Waals surface area contributed by atoms with E-state index in [0.29, 0.717) is 18.0 Å². The van der Waals surface area contributed by atoms with E-state index in [4.69, 9.17) is 4.74 Å². The van der Waals surface area contributed by atoms with Crippen LogP contribution in [0, 0.1) is 6.92 Å². The Morgan fingerprint density at radius 3 is 2.52 bits per heavy atom. The molecule has 0 bridgehead atoms. The average molecular weight is 334 g/mol. The number of H-pyrrole nitrogens is 1. The third kappa shape index (κ3) is 4.35. The number of aromatic amines is 1. The van der Waals surface area contributed by atoms with Crippen molar-refractivity contribution in [1.29, 1.82) is 0 Å². The second-order valence-corrected chi connectivity index (χ2v) is 5.63. The summed E-state index contributed by atoms with van der Waals surface area (Å²) in [5, 5.41) is 2.75. The molecule has 0 spiro atoms. The molecule has 5 heteroatoms. The summed E-state index contributed by atoms with van der Waals surface area (Å²) in [6.07, 6.45) is 0. The fraction of sp³-hybridized carbons (Fsp3) is 0.100. The van der Waals surface area contributed by atoms with E-state index < -0.39 is 11.5 Å². The van der Waals surface area contributed by atoms with Crippen LogP contribution in [0.4, 0.5) is 0 Å². The Morgan fingerprint density at radius 1 is 1.00 bits per heavy atom. The number of aryl methyl sites for hydroxylation is 1. The molecule has 0 fully saturated rings. The minimum absolute atomic E-state index is 0.0993. The lowest BCUT2D eigenvalue weighted by molar-refractivity contribution is 0.0949. The number of hydrogen-bond donors (Lipinski definition) is 2. The Labute approximate surface area is 145 Å². The monoisotopic (exact) mass is 334 g/mol. The van der Waals surface area contributed by atoms with Crippen LogP contribution in [-0.2, 0) is 6.54 Å². The summed E-state index contributed by atoms with van der Waals surface area (Å²) in [5.74, 6) is 1.02. The lowest BCUT2D eigenvalue weighted by Crippen LogP contribution is -2.29. The number of benzene rings is 2. The van der Waals surface area contributed by atoms with Crippen molar-refractivity contribution >= 4 is 5.91 Å². The van der Waals surface area contributed by atoms with Crippen LogP contribution >= 0.6 is 0 Å². The number of aromatic nitrogens is 1. The molecular formula is C20H18N2O3. The molecule has 0 aliphatic rings. The SMILES string of the molecule is Cc1ccc(C(=O)NCc2cccc(Oc3ccccc3)c2)c(=O)[nH]1. The summed E-state index contributed by atoms with van der Waals surface area (Å²) in [7, 11) is 0. The van der Waals surface area contributed by atoms with E-state index >= 15 is 0 Å². The average Bonchev–Trinajstić information content (AvgIpc) is 2.61. The zero-order valence-electron chi connectivity index (χ0n) is 13.8. The summed E-state index contributed by atoms with van der Waals surface area (Å²) in [4.78, 5) is 26.6. The molecule has 0 radical (unpaired) electrons. The predicted octanol–water partition coefficient (Wildman–Crippen LogP) is 3.41. The highest BCUT2D eigenvalue weighted by atomic mass is 16.5. The molecule has 2 N–H and O–H groups in total. The van der Waals surface area contributed by atoms with E-state index in [9.17, 15) is 9.59 Å². The lowest BCUT2D eigenvalue weighted by Gasteiger charge is -2.09. The predicted molar refractivity (Wildman–Crippen MR) is 95.9 cm³/mol. The van der Waals surface area contributed by atoms with Crippen LogP contribution in [0.5, 0.6) is 11.5 Å². The van der Waals surface area contributed by atoms with Gasteiger partial charge in [0.05, 0.1) is 0 Å². The standard InChI is InChI=1S/C20H18N2O3/c1-14-10-11-18(20(24)22-14)19(23)21-13-15-6-5-9-17(12-15)25-16-7-3-2-4-8-16/h2-12H,13H2,1H3,(H,21,23)(H,22,24). The fourth-order valence-corrected chi connectivity index (χ4v) is 2.37. The van der Waals surface area contributed by atoms with Crippen LogP contribution in [-0.4, -0.2) is 10.9 Å². The maximum atomic E-state index is 12.2. The van der Waals surface area contributed by atoms with Crippen molar-refractivity contribution in [3.05, 3.63) is 93.9 Å². The minimum Gasteiger partial charge on any atom is -0.457 e. The molecule has 3 aromatic rings. The number of amides is 1. The molecule has 3 rings (SSSR count). The van der Waals surface area contributed by atoms with E-state index in [1.54, 1.807) is 13.0 Å². The Balaban J connectivity index is 1.66. The summed E-state index contributed by atoms with van der Waals surface area (Å²) >= 11 is 0. The van der Waals surface area contributed by atoms with Crippen molar-refractivity contribution in [1.82, 2.24) is 10.3 Å². The highest BCUT2D eigenvalue weighted by Crippen LogP contribution is 2.21. The maximum Gasteiger partial charge on any atom is 0.260 e. The van der Waals surface area contributed by atoms with Gasteiger partial charge in [0.2, 0.25) is 0 Å². The number of carbonyl (C=O) groups excluding carboxylic acids is 1. The van der Waals surface area contributed by atoms with Gasteiger partial charge in [0, 0.05) is 12.2 Å². The highest BCUT2D eigenvalue weighted by molar-refractivity contribution is 5.93. The van der Waals surface area contributed by atoms with Gasteiger partial charge in [-0.1, -0.05) is 30.3 Å². The van der Waals surface area contributed by atoms with Gasteiger partial charge in [-0.3, -0.25) is 9.59 Å². The first-order chi connectivity index (χ1) is 12.1. The Hall–Kier alpha value is -3.34. The summed E-state index contributed by atoms with van der Waals surface area (Å²) < 4.78 is 5.78. The molecule has 25 heavy (non-hydrogen) atoms. The van der Waals surface area contributed by atoms with E-state index in [2.05, 4.69) is 10.3 Å². The summed E-state index contributed by atoms with van der Waals surface area (Å²) in [5.41, 5.74) is 1.30. The Kier molecular flexibility index (Phi) is 4.95. The van der Waals surface area contributed by atoms with Crippen molar-refractivity contribution in [2.24, 2.45) is 0 Å². The molecule has 2 aromatic carbocycles. The van der Waals surface area contributed by atoms with Gasteiger partial charge in [-0.25, -0.2) is 0 Å². The van der Waals surface area contributed by atoms with Crippen LogP contribution < -0.4 is 15.6 Å². The van der Waals surface area contributed by atoms with Gasteiger partial charge in [-0.2, -0.15) is 0 Å². The van der Waals surface area contributed by atoms with E-state index in [1.807, 2.05) is 54.6 Å². The van der Waals surface area contributed by atoms with Crippen molar-refractivity contribution < 1.29 is 9.53 Å². The summed E-state index contributed by atoms with van der Waals surface area (Å²) in [6, 6.07) is 20.1. The smallest absolute Gasteiger partial charge is 0.260 e. The number of ether oxygens (including phenoxy) is 1. The van der Waals surface area contributed by atoms with Gasteiger partial charge in [0.1, 0.15) is 17.1 Å². The molecule has 1 heterocycles. The third-order valence-electron chi connectivity index (χ3n) is 3.63. The second kappa shape index (κ2) is 7.49. The number of nitrogens with one attached hydrogen (secondary N) is 2. The molecule has 0 saturated heterocycles. The zero-order valence-corrected chi connectivity index (χ0v) is 13.8. The highest BCUT2D eigenvalue weighted by Gasteiger charge is 2.10. The van der Waals surface area contributed by atoms with Crippen molar-refractivity contribution in [3.8, 4) is 11.5 Å². The largest absolute Gasteiger partial charge is 0.457 e. The van der Waals surface area contributed by atoms with Gasteiger partial charge < -0.3 is 15.0 Å². The van der Waals surface area contributed by atoms with Crippen molar-refractivity contribution in [3.63, 3.8) is 0 Å². The number of rotatable bonds is 5. The topological polar surface area (TPSA) is 71.2 Å². The van der Waals surface area contributed by atoms with E-state index in [1.165, 1.54) is 6.07 Å². The quantitative estimate of drug-likeness (QED) is 0.751. The van der Waals surface area contributed by atoms with E-state index in [0.717, 1.165) is 11.3 Å². The van der Waals surface area contributed by atoms with Crippen LogP contribution in [0.15, 0.2) is 71.5 Å². The molecule has 126 valence electrons. The number of pyridine rings is 1. The van der Waals surface area contributed by atoms with Crippen molar-refractivity contribution in [2.75, 3.05) is 0 Å². The van der Waals surface area contributed by atoms with Crippen LogP contribution in [0.1, 0.15) is 21.6 Å². The second-order valence-electron chi connectivity index (χ2n) is 5.63. The molecule has 5 nitrogen and oxygen atoms in total. The Morgan fingerprint density at radius 2 is 1.76 bits per heavy atom. The third-order valence-corrected chi connectivity index (χ3v) is 3.63. The van der Waals surface area contributed by atoms with Gasteiger partial charge in [-0.05, 0) is 48.9 Å². The molecule has 0 aliphatic heterocycles. The van der Waals surface area contributed by atoms with Gasteiger partial charge in [-0.15, -0.1) is 0 Å². The van der Waals surface area contributed by atoms with Crippen LogP contribution in [0.3, 0.4) is 0 Å². The molecular weight excluding hydrogens is 316 g/mol. The first-order valence-corrected chi connectivity index (χ1v) is 7.92. The van der Waals surface area contributed by atoms with Crippen molar-refractivity contribution in [2.45, 2.75) is 13.5 Å². The van der Waals surface area contributed by atoms with Crippen LogP contribution in [0.25, 0.3) is 0 Å². The Bertz CT molecular complexity index is 933. The van der Waals surface area contributed by atoms with Gasteiger partial charge in [0.25, 0.3) is 11.5 Å². The molecule has 1 aromatic heterocycles. The molecule has 1 amide bonds. The molecule has 0 atom stereocenters. The zero-order chi connectivity index (χ0) is 17.6. The van der Waals surface area contributed by atoms with Gasteiger partial charge in [0.15, 0.2) is 0 Å². The normalized spacial score (nSPS) is 10.3. The molecule has 0 unspecified atom stereocenters. The molecule has 0 aliphatic carbocycles. The van der Waals surface area contributed by atoms with Crippen LogP contribution in [0.2, 0.25) is 0 Å².